The van der Waals surface area contributed by atoms with Gasteiger partial charge in [-0.3, -0.25) is 0 Å². The second-order valence-corrected chi connectivity index (χ2v) is 7.00. The van der Waals surface area contributed by atoms with Crippen molar-refractivity contribution in [2.75, 3.05) is 19.2 Å². The molecule has 30 heavy (non-hydrogen) atoms. The molecule has 0 saturated heterocycles. The second-order valence-electron chi connectivity index (χ2n) is 7.00. The van der Waals surface area contributed by atoms with E-state index in [4.69, 9.17) is 14.6 Å². The van der Waals surface area contributed by atoms with Crippen molar-refractivity contribution in [2.24, 2.45) is 5.10 Å². The minimum absolute atomic E-state index is 0.806. The van der Waals surface area contributed by atoms with E-state index >= 15 is 0 Å². The van der Waals surface area contributed by atoms with Crippen molar-refractivity contribution in [3.63, 3.8) is 0 Å². The summed E-state index contributed by atoms with van der Waals surface area (Å²) in [5.41, 5.74) is 4.17. The fraction of sp³-hybridized carbons (Fsp3) is 0.115. The Labute approximate surface area is 177 Å². The number of methoxy groups -OCH3 is 2. The summed E-state index contributed by atoms with van der Waals surface area (Å²) in [5.74, 6) is 1.65. The predicted molar refractivity (Wildman–Crippen MR) is 124 cm³/mol. The van der Waals surface area contributed by atoms with Crippen LogP contribution in [0.2, 0.25) is 0 Å². The SMILES string of the molecule is COc1ccc(N(N=Cc2ccc(C)cc2)c2ccc(OC)c3ccccc23)cc1. The maximum absolute atomic E-state index is 5.57. The fourth-order valence-electron chi connectivity index (χ4n) is 3.39. The van der Waals surface area contributed by atoms with Gasteiger partial charge >= 0.3 is 0 Å². The van der Waals surface area contributed by atoms with E-state index in [9.17, 15) is 0 Å². The van der Waals surface area contributed by atoms with E-state index in [0.29, 0.717) is 0 Å². The first-order valence-corrected chi connectivity index (χ1v) is 9.80. The lowest BCUT2D eigenvalue weighted by atomic mass is 10.1. The van der Waals surface area contributed by atoms with Crippen LogP contribution in [-0.4, -0.2) is 20.4 Å². The Morgan fingerprint density at radius 3 is 2.10 bits per heavy atom. The molecule has 0 aromatic heterocycles. The lowest BCUT2D eigenvalue weighted by Gasteiger charge is -2.22. The molecule has 150 valence electrons. The Balaban J connectivity index is 1.84. The highest BCUT2D eigenvalue weighted by Gasteiger charge is 2.14. The molecular formula is C26H24N2O2. The van der Waals surface area contributed by atoms with Crippen LogP contribution in [0.4, 0.5) is 11.4 Å². The quantitative estimate of drug-likeness (QED) is 0.282. The van der Waals surface area contributed by atoms with Crippen LogP contribution in [0.25, 0.3) is 10.8 Å². The van der Waals surface area contributed by atoms with Gasteiger partial charge in [0.2, 0.25) is 0 Å². The van der Waals surface area contributed by atoms with Crippen LogP contribution in [0.3, 0.4) is 0 Å². The van der Waals surface area contributed by atoms with Crippen LogP contribution < -0.4 is 14.5 Å². The number of hydrogen-bond donors (Lipinski definition) is 0. The number of anilines is 2. The molecule has 4 aromatic rings. The molecule has 0 aliphatic carbocycles. The van der Waals surface area contributed by atoms with Crippen molar-refractivity contribution in [1.29, 1.82) is 0 Å². The second kappa shape index (κ2) is 8.70. The van der Waals surface area contributed by atoms with E-state index in [1.165, 1.54) is 5.56 Å². The fourth-order valence-corrected chi connectivity index (χ4v) is 3.39. The molecule has 0 aliphatic rings. The van der Waals surface area contributed by atoms with Gasteiger partial charge in [0.05, 0.1) is 31.8 Å². The Morgan fingerprint density at radius 2 is 1.43 bits per heavy atom. The molecule has 4 aromatic carbocycles. The molecule has 0 unspecified atom stereocenters. The normalized spacial score (nSPS) is 11.0. The number of nitrogens with zero attached hydrogens (tertiary/aromatic N) is 2. The summed E-state index contributed by atoms with van der Waals surface area (Å²) >= 11 is 0. The summed E-state index contributed by atoms with van der Waals surface area (Å²) in [7, 11) is 3.36. The highest BCUT2D eigenvalue weighted by molar-refractivity contribution is 6.00. The van der Waals surface area contributed by atoms with E-state index in [1.54, 1.807) is 14.2 Å². The van der Waals surface area contributed by atoms with Gasteiger partial charge in [0.25, 0.3) is 0 Å². The molecule has 0 heterocycles. The largest absolute Gasteiger partial charge is 0.497 e. The number of aryl methyl sites for hydroxylation is 1. The highest BCUT2D eigenvalue weighted by Crippen LogP contribution is 2.37. The first-order chi connectivity index (χ1) is 14.7. The number of hydrazone groups is 1. The monoisotopic (exact) mass is 396 g/mol. The Morgan fingerprint density at radius 1 is 0.733 bits per heavy atom. The number of hydrogen-bond acceptors (Lipinski definition) is 4. The first kappa shape index (κ1) is 19.5. The van der Waals surface area contributed by atoms with Crippen molar-refractivity contribution < 1.29 is 9.47 Å². The lowest BCUT2D eigenvalue weighted by molar-refractivity contribution is 0.415. The molecule has 0 spiro atoms. The summed E-state index contributed by atoms with van der Waals surface area (Å²) in [6.07, 6.45) is 1.88. The third-order valence-corrected chi connectivity index (χ3v) is 5.03. The molecule has 0 N–H and O–H groups in total. The van der Waals surface area contributed by atoms with E-state index in [1.807, 2.05) is 59.8 Å². The zero-order valence-corrected chi connectivity index (χ0v) is 17.4. The van der Waals surface area contributed by atoms with E-state index < -0.39 is 0 Å². The van der Waals surface area contributed by atoms with Crippen LogP contribution in [0, 0.1) is 6.92 Å². The van der Waals surface area contributed by atoms with Gasteiger partial charge in [-0.2, -0.15) is 5.10 Å². The number of benzene rings is 4. The van der Waals surface area contributed by atoms with Gasteiger partial charge in [-0.15, -0.1) is 0 Å². The van der Waals surface area contributed by atoms with Gasteiger partial charge in [-0.25, -0.2) is 5.01 Å². The summed E-state index contributed by atoms with van der Waals surface area (Å²) in [4.78, 5) is 0. The zero-order valence-electron chi connectivity index (χ0n) is 17.4. The first-order valence-electron chi connectivity index (χ1n) is 9.80. The van der Waals surface area contributed by atoms with Gasteiger partial charge < -0.3 is 9.47 Å². The molecule has 4 heteroatoms. The van der Waals surface area contributed by atoms with E-state index in [-0.39, 0.29) is 0 Å². The topological polar surface area (TPSA) is 34.1 Å². The Bertz CT molecular complexity index is 1170. The van der Waals surface area contributed by atoms with Gasteiger partial charge in [0.1, 0.15) is 11.5 Å². The van der Waals surface area contributed by atoms with Gasteiger partial charge in [-0.1, -0.05) is 54.1 Å². The Hall–Kier alpha value is -3.79. The zero-order chi connectivity index (χ0) is 20.9. The van der Waals surface area contributed by atoms with Gasteiger partial charge in [0.15, 0.2) is 0 Å². The van der Waals surface area contributed by atoms with Crippen molar-refractivity contribution in [3.8, 4) is 11.5 Å². The van der Waals surface area contributed by atoms with Crippen molar-refractivity contribution >= 4 is 28.4 Å². The average molecular weight is 396 g/mol. The molecule has 0 aliphatic heterocycles. The van der Waals surface area contributed by atoms with Gasteiger partial charge in [-0.05, 0) is 48.9 Å². The molecule has 0 atom stereocenters. The number of fused-ring (bicyclic) bond motifs is 1. The van der Waals surface area contributed by atoms with Crippen LogP contribution in [0.1, 0.15) is 11.1 Å². The number of rotatable bonds is 6. The van der Waals surface area contributed by atoms with Crippen molar-refractivity contribution in [2.45, 2.75) is 6.92 Å². The van der Waals surface area contributed by atoms with E-state index in [2.05, 4.69) is 43.3 Å². The molecule has 0 saturated carbocycles. The molecular weight excluding hydrogens is 372 g/mol. The third kappa shape index (κ3) is 3.98. The maximum atomic E-state index is 5.57. The molecule has 4 rings (SSSR count). The minimum atomic E-state index is 0.806. The smallest absolute Gasteiger partial charge is 0.126 e. The van der Waals surface area contributed by atoms with Crippen LogP contribution >= 0.6 is 0 Å². The molecule has 0 amide bonds. The van der Waals surface area contributed by atoms with Crippen LogP contribution in [0.5, 0.6) is 11.5 Å². The van der Waals surface area contributed by atoms with Crippen molar-refractivity contribution in [3.05, 3.63) is 96.1 Å². The minimum Gasteiger partial charge on any atom is -0.497 e. The third-order valence-electron chi connectivity index (χ3n) is 5.03. The van der Waals surface area contributed by atoms with Crippen molar-refractivity contribution in [1.82, 2.24) is 0 Å². The summed E-state index contributed by atoms with van der Waals surface area (Å²) < 4.78 is 10.9. The highest BCUT2D eigenvalue weighted by atomic mass is 16.5. The standard InChI is InChI=1S/C26H24N2O2/c1-19-8-10-20(11-9-19)18-27-28(21-12-14-22(29-2)15-13-21)25-16-17-26(30-3)24-7-5-4-6-23(24)25/h4-18H,1-3H3. The molecule has 0 radical (unpaired) electrons. The molecule has 4 nitrogen and oxygen atoms in total. The number of ether oxygens (including phenoxy) is 2. The van der Waals surface area contributed by atoms with E-state index in [0.717, 1.165) is 39.2 Å². The predicted octanol–water partition coefficient (Wildman–Crippen LogP) is 6.34. The molecule has 0 bridgehead atoms. The summed E-state index contributed by atoms with van der Waals surface area (Å²) in [6.45, 7) is 2.08. The van der Waals surface area contributed by atoms with Crippen LogP contribution in [0.15, 0.2) is 90.0 Å². The van der Waals surface area contributed by atoms with Gasteiger partial charge in [0, 0.05) is 10.8 Å². The average Bonchev–Trinajstić information content (AvgIpc) is 2.80. The Kier molecular flexibility index (Phi) is 5.66. The summed E-state index contributed by atoms with van der Waals surface area (Å²) in [6, 6.07) is 28.4. The lowest BCUT2D eigenvalue weighted by Crippen LogP contribution is -2.10. The maximum Gasteiger partial charge on any atom is 0.126 e. The summed E-state index contributed by atoms with van der Waals surface area (Å²) in [5, 5.41) is 8.90. The van der Waals surface area contributed by atoms with Crippen LogP contribution in [-0.2, 0) is 0 Å². The molecule has 0 fully saturated rings.